The normalized spacial score (nSPS) is 16.4. The van der Waals surface area contributed by atoms with Crippen LogP contribution in [0, 0.1) is 0 Å². The quantitative estimate of drug-likeness (QED) is 0.724. The molecule has 0 aliphatic carbocycles. The minimum absolute atomic E-state index is 0.00253. The van der Waals surface area contributed by atoms with Crippen molar-refractivity contribution in [3.63, 3.8) is 0 Å². The summed E-state index contributed by atoms with van der Waals surface area (Å²) in [6.07, 6.45) is 2.38. The molecule has 1 atom stereocenters. The Hall–Kier alpha value is -2.53. The second-order valence-corrected chi connectivity index (χ2v) is 8.43. The Morgan fingerprint density at radius 3 is 2.31 bits per heavy atom. The molecule has 0 bridgehead atoms. The van der Waals surface area contributed by atoms with Crippen LogP contribution < -0.4 is 14.8 Å². The molecular formula is C24H31NO4. The lowest BCUT2D eigenvalue weighted by Gasteiger charge is -2.19. The minimum atomic E-state index is -0.149. The second kappa shape index (κ2) is 9.79. The van der Waals surface area contributed by atoms with Crippen molar-refractivity contribution < 1.29 is 19.0 Å². The summed E-state index contributed by atoms with van der Waals surface area (Å²) in [5, 5.41) is 2.88. The van der Waals surface area contributed by atoms with E-state index in [0.29, 0.717) is 18.9 Å². The molecule has 29 heavy (non-hydrogen) atoms. The fourth-order valence-electron chi connectivity index (χ4n) is 3.12. The summed E-state index contributed by atoms with van der Waals surface area (Å²) in [5.74, 6) is 1.36. The van der Waals surface area contributed by atoms with Gasteiger partial charge in [-0.1, -0.05) is 45.0 Å². The topological polar surface area (TPSA) is 56.8 Å². The highest BCUT2D eigenvalue weighted by atomic mass is 16.5. The van der Waals surface area contributed by atoms with E-state index in [9.17, 15) is 4.79 Å². The van der Waals surface area contributed by atoms with Gasteiger partial charge in [0.05, 0.1) is 6.10 Å². The molecule has 1 fully saturated rings. The van der Waals surface area contributed by atoms with Crippen molar-refractivity contribution in [2.75, 3.05) is 19.8 Å². The third kappa shape index (κ3) is 6.79. The van der Waals surface area contributed by atoms with E-state index in [0.717, 1.165) is 30.8 Å². The first-order valence-corrected chi connectivity index (χ1v) is 10.2. The van der Waals surface area contributed by atoms with Gasteiger partial charge < -0.3 is 19.5 Å². The summed E-state index contributed by atoms with van der Waals surface area (Å²) in [6.45, 7) is 8.37. The molecule has 1 amide bonds. The lowest BCUT2D eigenvalue weighted by Crippen LogP contribution is -2.28. The Morgan fingerprint density at radius 2 is 1.69 bits per heavy atom. The van der Waals surface area contributed by atoms with Crippen LogP contribution in [-0.2, 0) is 21.5 Å². The first-order chi connectivity index (χ1) is 13.9. The van der Waals surface area contributed by atoms with E-state index in [1.165, 1.54) is 5.56 Å². The van der Waals surface area contributed by atoms with Gasteiger partial charge in [0.25, 0.3) is 5.91 Å². The van der Waals surface area contributed by atoms with Gasteiger partial charge >= 0.3 is 0 Å². The lowest BCUT2D eigenvalue weighted by molar-refractivity contribution is -0.123. The van der Waals surface area contributed by atoms with Crippen molar-refractivity contribution in [3.8, 4) is 11.5 Å². The molecule has 156 valence electrons. The van der Waals surface area contributed by atoms with Gasteiger partial charge in [-0.2, -0.15) is 0 Å². The van der Waals surface area contributed by atoms with Crippen LogP contribution in [0.5, 0.6) is 11.5 Å². The van der Waals surface area contributed by atoms with Gasteiger partial charge in [-0.05, 0) is 53.6 Å². The summed E-state index contributed by atoms with van der Waals surface area (Å²) in [5.41, 5.74) is 2.34. The van der Waals surface area contributed by atoms with Gasteiger partial charge in [-0.25, -0.2) is 0 Å². The van der Waals surface area contributed by atoms with Gasteiger partial charge in [0.1, 0.15) is 18.1 Å². The van der Waals surface area contributed by atoms with E-state index in [2.05, 4.69) is 26.1 Å². The number of nitrogens with one attached hydrogen (secondary N) is 1. The van der Waals surface area contributed by atoms with E-state index < -0.39 is 0 Å². The van der Waals surface area contributed by atoms with E-state index in [1.807, 2.05) is 48.5 Å². The fraction of sp³-hybridized carbons (Fsp3) is 0.458. The number of rotatable bonds is 8. The molecule has 0 aromatic heterocycles. The molecule has 0 radical (unpaired) electrons. The monoisotopic (exact) mass is 397 g/mol. The van der Waals surface area contributed by atoms with Crippen molar-refractivity contribution in [3.05, 3.63) is 59.7 Å². The number of hydrogen-bond donors (Lipinski definition) is 1. The van der Waals surface area contributed by atoms with Gasteiger partial charge in [0.2, 0.25) is 0 Å². The molecule has 1 unspecified atom stereocenters. The highest BCUT2D eigenvalue weighted by Gasteiger charge is 2.16. The Morgan fingerprint density at radius 1 is 1.03 bits per heavy atom. The molecular weight excluding hydrogens is 366 g/mol. The fourth-order valence-corrected chi connectivity index (χ4v) is 3.12. The second-order valence-electron chi connectivity index (χ2n) is 8.43. The van der Waals surface area contributed by atoms with Crippen molar-refractivity contribution >= 4 is 5.91 Å². The predicted octanol–water partition coefficient (Wildman–Crippen LogP) is 4.24. The zero-order chi connectivity index (χ0) is 20.7. The van der Waals surface area contributed by atoms with Crippen LogP contribution in [0.3, 0.4) is 0 Å². The average molecular weight is 398 g/mol. The van der Waals surface area contributed by atoms with Crippen molar-refractivity contribution in [1.29, 1.82) is 0 Å². The zero-order valence-electron chi connectivity index (χ0n) is 17.6. The number of benzene rings is 2. The summed E-state index contributed by atoms with van der Waals surface area (Å²) < 4.78 is 16.9. The highest BCUT2D eigenvalue weighted by Crippen LogP contribution is 2.24. The number of amides is 1. The molecule has 1 N–H and O–H groups in total. The molecule has 5 heteroatoms. The number of ether oxygens (including phenoxy) is 3. The number of carbonyl (C=O) groups excluding carboxylic acids is 1. The zero-order valence-corrected chi connectivity index (χ0v) is 17.6. The van der Waals surface area contributed by atoms with Gasteiger partial charge in [-0.3, -0.25) is 4.79 Å². The number of hydrogen-bond acceptors (Lipinski definition) is 4. The maximum Gasteiger partial charge on any atom is 0.258 e. The standard InChI is InChI=1S/C24H31NO4/c1-24(2,3)19-8-12-21(13-9-19)29-17-23(26)25-15-18-6-10-20(11-7-18)28-16-22-5-4-14-27-22/h6-13,22H,4-5,14-17H2,1-3H3,(H,25,26). The summed E-state index contributed by atoms with van der Waals surface area (Å²) in [7, 11) is 0. The molecule has 2 aromatic rings. The molecule has 5 nitrogen and oxygen atoms in total. The highest BCUT2D eigenvalue weighted by molar-refractivity contribution is 5.77. The minimum Gasteiger partial charge on any atom is -0.491 e. The van der Waals surface area contributed by atoms with Crippen LogP contribution in [0.1, 0.15) is 44.7 Å². The third-order valence-electron chi connectivity index (χ3n) is 4.96. The Kier molecular flexibility index (Phi) is 7.15. The van der Waals surface area contributed by atoms with E-state index >= 15 is 0 Å². The van der Waals surface area contributed by atoms with E-state index in [-0.39, 0.29) is 24.0 Å². The van der Waals surface area contributed by atoms with Crippen molar-refractivity contribution in [2.24, 2.45) is 0 Å². The third-order valence-corrected chi connectivity index (χ3v) is 4.96. The van der Waals surface area contributed by atoms with Crippen molar-refractivity contribution in [1.82, 2.24) is 5.32 Å². The maximum absolute atomic E-state index is 12.1. The molecule has 0 saturated carbocycles. The van der Waals surface area contributed by atoms with Gasteiger partial charge in [0, 0.05) is 13.2 Å². The lowest BCUT2D eigenvalue weighted by atomic mass is 9.87. The van der Waals surface area contributed by atoms with Crippen LogP contribution in [0.25, 0.3) is 0 Å². The Balaban J connectivity index is 1.37. The summed E-state index contributed by atoms with van der Waals surface area (Å²) in [4.78, 5) is 12.1. The Bertz CT molecular complexity index is 772. The largest absolute Gasteiger partial charge is 0.491 e. The predicted molar refractivity (Wildman–Crippen MR) is 113 cm³/mol. The molecule has 0 spiro atoms. The maximum atomic E-state index is 12.1. The summed E-state index contributed by atoms with van der Waals surface area (Å²) >= 11 is 0. The van der Waals surface area contributed by atoms with E-state index in [1.54, 1.807) is 0 Å². The SMILES string of the molecule is CC(C)(C)c1ccc(OCC(=O)NCc2ccc(OCC3CCCO3)cc2)cc1. The van der Waals surface area contributed by atoms with Crippen LogP contribution >= 0.6 is 0 Å². The molecule has 1 aliphatic heterocycles. The Labute approximate surface area is 173 Å². The first-order valence-electron chi connectivity index (χ1n) is 10.2. The van der Waals surface area contributed by atoms with Crippen LogP contribution in [0.15, 0.2) is 48.5 Å². The molecule has 1 heterocycles. The van der Waals surface area contributed by atoms with Crippen LogP contribution in [0.4, 0.5) is 0 Å². The van der Waals surface area contributed by atoms with Gasteiger partial charge in [0.15, 0.2) is 6.61 Å². The average Bonchev–Trinajstić information content (AvgIpc) is 3.23. The summed E-state index contributed by atoms with van der Waals surface area (Å²) in [6, 6.07) is 15.6. The van der Waals surface area contributed by atoms with Crippen LogP contribution in [0.2, 0.25) is 0 Å². The van der Waals surface area contributed by atoms with Crippen LogP contribution in [-0.4, -0.2) is 31.8 Å². The molecule has 1 aliphatic rings. The van der Waals surface area contributed by atoms with E-state index in [4.69, 9.17) is 14.2 Å². The smallest absolute Gasteiger partial charge is 0.258 e. The number of carbonyl (C=O) groups is 1. The molecule has 1 saturated heterocycles. The first kappa shape index (κ1) is 21.2. The van der Waals surface area contributed by atoms with Crippen molar-refractivity contribution in [2.45, 2.75) is 51.7 Å². The molecule has 2 aromatic carbocycles. The molecule has 3 rings (SSSR count). The van der Waals surface area contributed by atoms with Gasteiger partial charge in [-0.15, -0.1) is 0 Å².